The fourth-order valence-corrected chi connectivity index (χ4v) is 2.99. The van der Waals surface area contributed by atoms with Crippen LogP contribution in [0.25, 0.3) is 0 Å². The van der Waals surface area contributed by atoms with Gasteiger partial charge >= 0.3 is 6.03 Å². The third-order valence-electron chi connectivity index (χ3n) is 4.26. The molecule has 1 fully saturated rings. The number of nitrogens with one attached hydrogen (secondary N) is 2. The monoisotopic (exact) mass is 323 g/mol. The summed E-state index contributed by atoms with van der Waals surface area (Å²) < 4.78 is 0. The lowest BCUT2D eigenvalue weighted by Gasteiger charge is -2.28. The van der Waals surface area contributed by atoms with Crippen LogP contribution in [0.15, 0.2) is 24.3 Å². The molecule has 1 aromatic rings. The van der Waals surface area contributed by atoms with Crippen LogP contribution in [0.4, 0.5) is 4.79 Å². The van der Waals surface area contributed by atoms with E-state index in [1.807, 2.05) is 25.1 Å². The first-order valence-electron chi connectivity index (χ1n) is 8.14. The van der Waals surface area contributed by atoms with Gasteiger partial charge in [0.25, 0.3) is 0 Å². The molecule has 2 N–H and O–H groups in total. The quantitative estimate of drug-likeness (QED) is 0.840. The molecule has 4 nitrogen and oxygen atoms in total. The van der Waals surface area contributed by atoms with Crippen molar-refractivity contribution in [2.75, 3.05) is 19.6 Å². The highest BCUT2D eigenvalue weighted by atomic mass is 35.5. The summed E-state index contributed by atoms with van der Waals surface area (Å²) in [6.07, 6.45) is 3.36. The number of hydrogen-bond donors (Lipinski definition) is 2. The van der Waals surface area contributed by atoms with Gasteiger partial charge in [-0.1, -0.05) is 30.7 Å². The molecule has 5 heteroatoms. The molecule has 0 saturated carbocycles. The molecule has 0 aliphatic carbocycles. The molecule has 0 aromatic heterocycles. The van der Waals surface area contributed by atoms with E-state index in [4.69, 9.17) is 11.6 Å². The zero-order valence-electron chi connectivity index (χ0n) is 13.4. The predicted octanol–water partition coefficient (Wildman–Crippen LogP) is 3.57. The van der Waals surface area contributed by atoms with Gasteiger partial charge in [0.2, 0.25) is 0 Å². The van der Waals surface area contributed by atoms with E-state index in [0.717, 1.165) is 24.5 Å². The number of halogens is 1. The number of carbonyl (C=O) groups is 1. The maximum absolute atomic E-state index is 12.0. The first kappa shape index (κ1) is 17.1. The van der Waals surface area contributed by atoms with Crippen molar-refractivity contribution in [3.05, 3.63) is 34.9 Å². The van der Waals surface area contributed by atoms with Crippen LogP contribution in [0.5, 0.6) is 0 Å². The standard InChI is InChI=1S/C17H26ClN3O/c1-3-13(2)20-17(22)19-12-16(21-9-4-5-10-21)14-7-6-8-15(18)11-14/h6-8,11,13,16H,3-5,9-10,12H2,1-2H3,(H2,19,20,22). The lowest BCUT2D eigenvalue weighted by molar-refractivity contribution is 0.218. The van der Waals surface area contributed by atoms with Gasteiger partial charge in [0.15, 0.2) is 0 Å². The average Bonchev–Trinajstić information content (AvgIpc) is 3.01. The van der Waals surface area contributed by atoms with Gasteiger partial charge in [-0.25, -0.2) is 4.79 Å². The molecule has 22 heavy (non-hydrogen) atoms. The van der Waals surface area contributed by atoms with E-state index in [9.17, 15) is 4.79 Å². The van der Waals surface area contributed by atoms with Gasteiger partial charge < -0.3 is 10.6 Å². The molecule has 0 radical (unpaired) electrons. The third kappa shape index (κ3) is 4.89. The summed E-state index contributed by atoms with van der Waals surface area (Å²) >= 11 is 6.13. The third-order valence-corrected chi connectivity index (χ3v) is 4.50. The van der Waals surface area contributed by atoms with Crippen molar-refractivity contribution in [2.24, 2.45) is 0 Å². The Hall–Kier alpha value is -1.26. The van der Waals surface area contributed by atoms with Gasteiger partial charge in [-0.15, -0.1) is 0 Å². The minimum Gasteiger partial charge on any atom is -0.336 e. The van der Waals surface area contributed by atoms with Gasteiger partial charge in [0.1, 0.15) is 0 Å². The van der Waals surface area contributed by atoms with Crippen LogP contribution < -0.4 is 10.6 Å². The number of amides is 2. The lowest BCUT2D eigenvalue weighted by atomic mass is 10.1. The van der Waals surface area contributed by atoms with Crippen LogP contribution in [0.2, 0.25) is 5.02 Å². The number of rotatable bonds is 6. The second kappa shape index (κ2) is 8.39. The van der Waals surface area contributed by atoms with E-state index in [0.29, 0.717) is 6.54 Å². The molecule has 1 aliphatic heterocycles. The van der Waals surface area contributed by atoms with E-state index in [2.05, 4.69) is 28.5 Å². The Labute approximate surface area is 138 Å². The van der Waals surface area contributed by atoms with E-state index in [1.54, 1.807) is 0 Å². The highest BCUT2D eigenvalue weighted by Gasteiger charge is 2.24. The van der Waals surface area contributed by atoms with Crippen molar-refractivity contribution < 1.29 is 4.79 Å². The molecule has 2 amide bonds. The maximum atomic E-state index is 12.0. The van der Waals surface area contributed by atoms with Gasteiger partial charge in [-0.2, -0.15) is 0 Å². The van der Waals surface area contributed by atoms with Crippen LogP contribution in [0.3, 0.4) is 0 Å². The number of benzene rings is 1. The fourth-order valence-electron chi connectivity index (χ4n) is 2.79. The summed E-state index contributed by atoms with van der Waals surface area (Å²) in [6, 6.07) is 8.22. The summed E-state index contributed by atoms with van der Waals surface area (Å²) in [7, 11) is 0. The fraction of sp³-hybridized carbons (Fsp3) is 0.588. The molecule has 122 valence electrons. The largest absolute Gasteiger partial charge is 0.336 e. The van der Waals surface area contributed by atoms with Gasteiger partial charge in [0.05, 0.1) is 6.04 Å². The van der Waals surface area contributed by atoms with Crippen LogP contribution in [-0.4, -0.2) is 36.6 Å². The molecule has 1 aliphatic rings. The molecule has 2 unspecified atom stereocenters. The summed E-state index contributed by atoms with van der Waals surface area (Å²) in [4.78, 5) is 14.4. The van der Waals surface area contributed by atoms with Gasteiger partial charge in [-0.05, 0) is 57.0 Å². The zero-order valence-corrected chi connectivity index (χ0v) is 14.2. The normalized spacial score (nSPS) is 18.0. The van der Waals surface area contributed by atoms with E-state index < -0.39 is 0 Å². The van der Waals surface area contributed by atoms with Gasteiger partial charge in [0, 0.05) is 17.6 Å². The average molecular weight is 324 g/mol. The molecule has 1 aromatic carbocycles. The SMILES string of the molecule is CCC(C)NC(=O)NCC(c1cccc(Cl)c1)N1CCCC1. The van der Waals surface area contributed by atoms with E-state index in [1.165, 1.54) is 18.4 Å². The molecule has 0 spiro atoms. The molecular weight excluding hydrogens is 298 g/mol. The summed E-state index contributed by atoms with van der Waals surface area (Å²) in [5.74, 6) is 0. The summed E-state index contributed by atoms with van der Waals surface area (Å²) in [6.45, 7) is 6.82. The Kier molecular flexibility index (Phi) is 6.52. The first-order valence-corrected chi connectivity index (χ1v) is 8.51. The summed E-state index contributed by atoms with van der Waals surface area (Å²) in [5, 5.41) is 6.69. The van der Waals surface area contributed by atoms with Crippen molar-refractivity contribution >= 4 is 17.6 Å². The Morgan fingerprint density at radius 3 is 2.73 bits per heavy atom. The Morgan fingerprint density at radius 2 is 2.09 bits per heavy atom. The predicted molar refractivity (Wildman–Crippen MR) is 91.3 cm³/mol. The second-order valence-corrected chi connectivity index (χ2v) is 6.41. The summed E-state index contributed by atoms with van der Waals surface area (Å²) in [5.41, 5.74) is 1.17. The highest BCUT2D eigenvalue weighted by Crippen LogP contribution is 2.26. The molecule has 2 rings (SSSR count). The molecular formula is C17H26ClN3O. The molecule has 1 heterocycles. The minimum atomic E-state index is -0.0967. The molecule has 1 saturated heterocycles. The topological polar surface area (TPSA) is 44.4 Å². The number of likely N-dealkylation sites (tertiary alicyclic amines) is 1. The van der Waals surface area contributed by atoms with Gasteiger partial charge in [-0.3, -0.25) is 4.90 Å². The first-order chi connectivity index (χ1) is 10.6. The number of nitrogens with zero attached hydrogens (tertiary/aromatic N) is 1. The second-order valence-electron chi connectivity index (χ2n) is 5.98. The zero-order chi connectivity index (χ0) is 15.9. The van der Waals surface area contributed by atoms with Crippen LogP contribution in [-0.2, 0) is 0 Å². The smallest absolute Gasteiger partial charge is 0.315 e. The maximum Gasteiger partial charge on any atom is 0.315 e. The van der Waals surface area contributed by atoms with Crippen molar-refractivity contribution in [1.82, 2.24) is 15.5 Å². The minimum absolute atomic E-state index is 0.0967. The Bertz CT molecular complexity index is 489. The molecule has 2 atom stereocenters. The van der Waals surface area contributed by atoms with E-state index in [-0.39, 0.29) is 18.1 Å². The Balaban J connectivity index is 2.01. The number of urea groups is 1. The Morgan fingerprint density at radius 1 is 1.36 bits per heavy atom. The van der Waals surface area contributed by atoms with Crippen LogP contribution in [0.1, 0.15) is 44.7 Å². The van der Waals surface area contributed by atoms with Crippen molar-refractivity contribution in [3.8, 4) is 0 Å². The van der Waals surface area contributed by atoms with Crippen LogP contribution >= 0.6 is 11.6 Å². The highest BCUT2D eigenvalue weighted by molar-refractivity contribution is 6.30. The lowest BCUT2D eigenvalue weighted by Crippen LogP contribution is -2.44. The van der Waals surface area contributed by atoms with E-state index >= 15 is 0 Å². The van der Waals surface area contributed by atoms with Crippen molar-refractivity contribution in [1.29, 1.82) is 0 Å². The van der Waals surface area contributed by atoms with Crippen LogP contribution in [0, 0.1) is 0 Å². The van der Waals surface area contributed by atoms with Crippen molar-refractivity contribution in [2.45, 2.75) is 45.2 Å². The number of carbonyl (C=O) groups excluding carboxylic acids is 1. The molecule has 0 bridgehead atoms. The number of hydrogen-bond acceptors (Lipinski definition) is 2. The van der Waals surface area contributed by atoms with Crippen molar-refractivity contribution in [3.63, 3.8) is 0 Å².